The number of aryl methyl sites for hydroxylation is 1. The first-order chi connectivity index (χ1) is 14.8. The predicted molar refractivity (Wildman–Crippen MR) is 108 cm³/mol. The second-order valence-electron chi connectivity index (χ2n) is 7.36. The van der Waals surface area contributed by atoms with Gasteiger partial charge in [-0.25, -0.2) is 0 Å². The number of hydrogen-bond donors (Lipinski definition) is 0. The van der Waals surface area contributed by atoms with Gasteiger partial charge in [0.25, 0.3) is 0 Å². The van der Waals surface area contributed by atoms with E-state index in [4.69, 9.17) is 4.74 Å². The fourth-order valence-corrected chi connectivity index (χ4v) is 3.66. The maximum atomic E-state index is 13.1. The molecule has 7 nitrogen and oxygen atoms in total. The first kappa shape index (κ1) is 21.0. The standard InChI is InChI=1S/C21H22F3N5O2/c1-31-17-4-2-3-15(13-17)5-8-19(30)27-9-11-28(12-10-27)20-26-25-18-7-6-16(14-29(18)20)21(22,23)24/h2-4,6-7,13-14H,5,8-12H2,1H3. The number of piperazine rings is 1. The first-order valence-corrected chi connectivity index (χ1v) is 9.93. The van der Waals surface area contributed by atoms with Crippen LogP contribution in [-0.4, -0.2) is 58.7 Å². The number of halogens is 3. The second kappa shape index (κ2) is 8.44. The predicted octanol–water partition coefficient (Wildman–Crippen LogP) is 3.04. The van der Waals surface area contributed by atoms with E-state index in [0.29, 0.717) is 50.6 Å². The van der Waals surface area contributed by atoms with Crippen molar-refractivity contribution in [2.45, 2.75) is 19.0 Å². The van der Waals surface area contributed by atoms with Gasteiger partial charge in [0.15, 0.2) is 5.65 Å². The van der Waals surface area contributed by atoms with E-state index < -0.39 is 11.7 Å². The Morgan fingerprint density at radius 3 is 2.58 bits per heavy atom. The molecule has 3 heterocycles. The summed E-state index contributed by atoms with van der Waals surface area (Å²) in [6.45, 7) is 1.90. The van der Waals surface area contributed by atoms with Gasteiger partial charge < -0.3 is 14.5 Å². The maximum absolute atomic E-state index is 13.1. The molecule has 0 spiro atoms. The molecular formula is C21H22F3N5O2. The average Bonchev–Trinajstić information content (AvgIpc) is 3.20. The minimum atomic E-state index is -4.44. The highest BCUT2D eigenvalue weighted by atomic mass is 19.4. The van der Waals surface area contributed by atoms with Crippen LogP contribution in [0.4, 0.5) is 19.1 Å². The van der Waals surface area contributed by atoms with Crippen LogP contribution in [0.25, 0.3) is 5.65 Å². The number of pyridine rings is 1. The Morgan fingerprint density at radius 2 is 1.87 bits per heavy atom. The molecule has 1 aliphatic heterocycles. The second-order valence-corrected chi connectivity index (χ2v) is 7.36. The van der Waals surface area contributed by atoms with E-state index in [9.17, 15) is 18.0 Å². The Kier molecular flexibility index (Phi) is 5.71. The van der Waals surface area contributed by atoms with Gasteiger partial charge in [0.2, 0.25) is 11.9 Å². The lowest BCUT2D eigenvalue weighted by Gasteiger charge is -2.34. The zero-order valence-electron chi connectivity index (χ0n) is 17.0. The van der Waals surface area contributed by atoms with Crippen molar-refractivity contribution < 1.29 is 22.7 Å². The Morgan fingerprint density at radius 1 is 1.10 bits per heavy atom. The van der Waals surface area contributed by atoms with Crippen molar-refractivity contribution >= 4 is 17.5 Å². The van der Waals surface area contributed by atoms with Gasteiger partial charge >= 0.3 is 6.18 Å². The topological polar surface area (TPSA) is 63.0 Å². The number of rotatable bonds is 5. The van der Waals surface area contributed by atoms with Crippen molar-refractivity contribution in [1.29, 1.82) is 0 Å². The van der Waals surface area contributed by atoms with Crippen LogP contribution in [0.5, 0.6) is 5.75 Å². The zero-order valence-corrected chi connectivity index (χ0v) is 17.0. The lowest BCUT2D eigenvalue weighted by Crippen LogP contribution is -2.49. The van der Waals surface area contributed by atoms with Crippen LogP contribution in [0.1, 0.15) is 17.5 Å². The number of methoxy groups -OCH3 is 1. The summed E-state index contributed by atoms with van der Waals surface area (Å²) in [5.41, 5.74) is 0.619. The van der Waals surface area contributed by atoms with Crippen molar-refractivity contribution in [1.82, 2.24) is 19.5 Å². The summed E-state index contributed by atoms with van der Waals surface area (Å²) in [6, 6.07) is 9.92. The summed E-state index contributed by atoms with van der Waals surface area (Å²) in [6.07, 6.45) is -2.43. The van der Waals surface area contributed by atoms with Crippen LogP contribution >= 0.6 is 0 Å². The molecule has 1 fully saturated rings. The number of fused-ring (bicyclic) bond motifs is 1. The van der Waals surface area contributed by atoms with E-state index in [1.807, 2.05) is 29.2 Å². The van der Waals surface area contributed by atoms with Crippen LogP contribution < -0.4 is 9.64 Å². The number of amides is 1. The molecule has 1 aromatic carbocycles. The molecule has 1 saturated heterocycles. The summed E-state index contributed by atoms with van der Waals surface area (Å²) in [5.74, 6) is 1.16. The molecular weight excluding hydrogens is 411 g/mol. The van der Waals surface area contributed by atoms with Crippen molar-refractivity contribution in [3.63, 3.8) is 0 Å². The van der Waals surface area contributed by atoms with E-state index >= 15 is 0 Å². The Labute approximate surface area is 177 Å². The smallest absolute Gasteiger partial charge is 0.417 e. The van der Waals surface area contributed by atoms with Crippen LogP contribution in [0.3, 0.4) is 0 Å². The van der Waals surface area contributed by atoms with Crippen LogP contribution in [0.15, 0.2) is 42.6 Å². The van der Waals surface area contributed by atoms with Gasteiger partial charge in [-0.1, -0.05) is 12.1 Å². The van der Waals surface area contributed by atoms with Gasteiger partial charge in [0.05, 0.1) is 12.7 Å². The van der Waals surface area contributed by atoms with E-state index in [0.717, 1.165) is 23.6 Å². The van der Waals surface area contributed by atoms with Gasteiger partial charge in [-0.15, -0.1) is 10.2 Å². The van der Waals surface area contributed by atoms with Gasteiger partial charge in [-0.05, 0) is 36.2 Å². The van der Waals surface area contributed by atoms with Crippen molar-refractivity contribution in [3.8, 4) is 5.75 Å². The van der Waals surface area contributed by atoms with Gasteiger partial charge in [0, 0.05) is 38.8 Å². The molecule has 3 aromatic rings. The number of aromatic nitrogens is 3. The Balaban J connectivity index is 1.37. The summed E-state index contributed by atoms with van der Waals surface area (Å²) >= 11 is 0. The third-order valence-electron chi connectivity index (χ3n) is 5.39. The number of anilines is 1. The first-order valence-electron chi connectivity index (χ1n) is 9.93. The molecule has 0 bridgehead atoms. The molecule has 1 aliphatic rings. The molecule has 0 unspecified atom stereocenters. The minimum Gasteiger partial charge on any atom is -0.497 e. The van der Waals surface area contributed by atoms with E-state index in [-0.39, 0.29) is 5.91 Å². The lowest BCUT2D eigenvalue weighted by molar-refractivity contribution is -0.138. The number of carbonyl (C=O) groups excluding carboxylic acids is 1. The molecule has 0 aliphatic carbocycles. The molecule has 0 N–H and O–H groups in total. The fraction of sp³-hybridized carbons (Fsp3) is 0.381. The number of carbonyl (C=O) groups is 1. The summed E-state index contributed by atoms with van der Waals surface area (Å²) in [5, 5.41) is 8.02. The van der Waals surface area contributed by atoms with E-state index in [1.165, 1.54) is 10.5 Å². The lowest BCUT2D eigenvalue weighted by atomic mass is 10.1. The highest BCUT2D eigenvalue weighted by Crippen LogP contribution is 2.30. The number of alkyl halides is 3. The Hall–Kier alpha value is -3.30. The zero-order chi connectivity index (χ0) is 22.0. The average molecular weight is 433 g/mol. The molecule has 0 radical (unpaired) electrons. The van der Waals surface area contributed by atoms with Crippen LogP contribution in [-0.2, 0) is 17.4 Å². The molecule has 2 aromatic heterocycles. The molecule has 0 atom stereocenters. The third-order valence-corrected chi connectivity index (χ3v) is 5.39. The number of hydrogen-bond acceptors (Lipinski definition) is 5. The van der Waals surface area contributed by atoms with E-state index in [2.05, 4.69) is 10.2 Å². The van der Waals surface area contributed by atoms with E-state index in [1.54, 1.807) is 12.0 Å². The fourth-order valence-electron chi connectivity index (χ4n) is 3.66. The summed E-state index contributed by atoms with van der Waals surface area (Å²) in [4.78, 5) is 16.2. The maximum Gasteiger partial charge on any atom is 0.417 e. The normalized spacial score (nSPS) is 14.8. The number of ether oxygens (including phenoxy) is 1. The van der Waals surface area contributed by atoms with Crippen molar-refractivity contribution in [2.24, 2.45) is 0 Å². The highest BCUT2D eigenvalue weighted by molar-refractivity contribution is 5.76. The van der Waals surface area contributed by atoms with Crippen LogP contribution in [0, 0.1) is 0 Å². The highest BCUT2D eigenvalue weighted by Gasteiger charge is 2.32. The number of nitrogens with zero attached hydrogens (tertiary/aromatic N) is 5. The molecule has 31 heavy (non-hydrogen) atoms. The quantitative estimate of drug-likeness (QED) is 0.619. The summed E-state index contributed by atoms with van der Waals surface area (Å²) < 4.78 is 45.7. The van der Waals surface area contributed by atoms with Crippen LogP contribution in [0.2, 0.25) is 0 Å². The molecule has 164 valence electrons. The van der Waals surface area contributed by atoms with Crippen molar-refractivity contribution in [3.05, 3.63) is 53.7 Å². The van der Waals surface area contributed by atoms with Crippen molar-refractivity contribution in [2.75, 3.05) is 38.2 Å². The number of benzene rings is 1. The SMILES string of the molecule is COc1cccc(CCC(=O)N2CCN(c3nnc4ccc(C(F)(F)F)cn34)CC2)c1. The Bertz CT molecular complexity index is 1070. The van der Waals surface area contributed by atoms with Gasteiger partial charge in [0.1, 0.15) is 5.75 Å². The molecule has 10 heteroatoms. The van der Waals surface area contributed by atoms with Gasteiger partial charge in [-0.2, -0.15) is 13.2 Å². The van der Waals surface area contributed by atoms with Gasteiger partial charge in [-0.3, -0.25) is 9.20 Å². The third kappa shape index (κ3) is 4.57. The molecule has 4 rings (SSSR count). The molecule has 1 amide bonds. The summed E-state index contributed by atoms with van der Waals surface area (Å²) in [7, 11) is 1.60. The molecule has 0 saturated carbocycles. The monoisotopic (exact) mass is 433 g/mol. The largest absolute Gasteiger partial charge is 0.497 e. The minimum absolute atomic E-state index is 0.0490.